The quantitative estimate of drug-likeness (QED) is 0.471. The van der Waals surface area contributed by atoms with E-state index in [1.807, 2.05) is 42.5 Å². The number of hydrogen-bond donors (Lipinski definition) is 2. The lowest BCUT2D eigenvalue weighted by atomic mass is 10.2. The van der Waals surface area contributed by atoms with Gasteiger partial charge in [-0.25, -0.2) is 9.97 Å². The van der Waals surface area contributed by atoms with Gasteiger partial charge in [-0.3, -0.25) is 4.79 Å². The minimum Gasteiger partial charge on any atom is -0.497 e. The molecule has 30 heavy (non-hydrogen) atoms. The van der Waals surface area contributed by atoms with Gasteiger partial charge in [0.2, 0.25) is 0 Å². The minimum absolute atomic E-state index is 0.180. The van der Waals surface area contributed by atoms with Crippen molar-refractivity contribution in [2.75, 3.05) is 17.7 Å². The molecule has 0 saturated heterocycles. The highest BCUT2D eigenvalue weighted by Crippen LogP contribution is 2.20. The maximum absolute atomic E-state index is 12.5. The summed E-state index contributed by atoms with van der Waals surface area (Å²) in [5.74, 6) is 1.89. The van der Waals surface area contributed by atoms with E-state index in [9.17, 15) is 4.79 Å². The Balaban J connectivity index is 1.43. The molecule has 0 spiro atoms. The third kappa shape index (κ3) is 4.62. The molecule has 0 unspecified atom stereocenters. The Labute approximate surface area is 174 Å². The van der Waals surface area contributed by atoms with Crippen LogP contribution in [-0.2, 0) is 0 Å². The van der Waals surface area contributed by atoms with Crippen LogP contribution in [0.2, 0.25) is 0 Å². The second kappa shape index (κ2) is 8.87. The smallest absolute Gasteiger partial charge is 0.255 e. The summed E-state index contributed by atoms with van der Waals surface area (Å²) in [6, 6.07) is 26.0. The van der Waals surface area contributed by atoms with Gasteiger partial charge in [0.1, 0.15) is 11.6 Å². The Morgan fingerprint density at radius 2 is 1.53 bits per heavy atom. The molecule has 2 N–H and O–H groups in total. The summed E-state index contributed by atoms with van der Waals surface area (Å²) in [5.41, 5.74) is 3.04. The number of nitrogens with one attached hydrogen (secondary N) is 2. The predicted octanol–water partition coefficient (Wildman–Crippen LogP) is 5.15. The van der Waals surface area contributed by atoms with Crippen molar-refractivity contribution >= 4 is 23.1 Å². The van der Waals surface area contributed by atoms with Crippen LogP contribution in [0.1, 0.15) is 10.4 Å². The first-order chi connectivity index (χ1) is 14.7. The number of benzene rings is 3. The Kier molecular flexibility index (Phi) is 5.66. The number of carbonyl (C=O) groups excluding carboxylic acids is 1. The average molecular weight is 396 g/mol. The Hall–Kier alpha value is -4.19. The summed E-state index contributed by atoms with van der Waals surface area (Å²) in [5, 5.41) is 6.11. The number of anilines is 3. The molecular formula is C24H20N4O2. The molecule has 0 radical (unpaired) electrons. The Bertz CT molecular complexity index is 1130. The van der Waals surface area contributed by atoms with Gasteiger partial charge in [-0.05, 0) is 54.6 Å². The van der Waals surface area contributed by atoms with Gasteiger partial charge < -0.3 is 15.4 Å². The summed E-state index contributed by atoms with van der Waals surface area (Å²) in [6.07, 6.45) is 1.72. The van der Waals surface area contributed by atoms with Crippen LogP contribution in [0, 0.1) is 0 Å². The lowest BCUT2D eigenvalue weighted by Crippen LogP contribution is -2.11. The number of ether oxygens (including phenoxy) is 1. The van der Waals surface area contributed by atoms with E-state index in [0.29, 0.717) is 22.9 Å². The highest BCUT2D eigenvalue weighted by Gasteiger charge is 2.07. The second-order valence-corrected chi connectivity index (χ2v) is 6.52. The number of methoxy groups -OCH3 is 1. The van der Waals surface area contributed by atoms with Crippen LogP contribution < -0.4 is 15.4 Å². The molecule has 1 amide bonds. The number of carbonyl (C=O) groups is 1. The molecule has 1 aromatic heterocycles. The molecule has 0 aliphatic rings. The molecule has 0 aliphatic heterocycles. The SMILES string of the molecule is COc1ccc(NC(=O)c2ccc(Nc3ccnc(-c4ccccc4)n3)cc2)cc1. The van der Waals surface area contributed by atoms with Crippen LogP contribution in [0.5, 0.6) is 5.75 Å². The average Bonchev–Trinajstić information content (AvgIpc) is 2.81. The van der Waals surface area contributed by atoms with Crippen LogP contribution in [-0.4, -0.2) is 23.0 Å². The molecule has 6 heteroatoms. The number of nitrogens with zero attached hydrogens (tertiary/aromatic N) is 2. The second-order valence-electron chi connectivity index (χ2n) is 6.52. The molecule has 3 aromatic carbocycles. The molecule has 1 heterocycles. The van der Waals surface area contributed by atoms with E-state index in [1.165, 1.54) is 0 Å². The lowest BCUT2D eigenvalue weighted by Gasteiger charge is -2.09. The van der Waals surface area contributed by atoms with Crippen LogP contribution >= 0.6 is 0 Å². The molecule has 0 aliphatic carbocycles. The zero-order valence-corrected chi connectivity index (χ0v) is 16.4. The first-order valence-corrected chi connectivity index (χ1v) is 9.42. The van der Waals surface area contributed by atoms with Gasteiger partial charge in [-0.15, -0.1) is 0 Å². The molecule has 148 valence electrons. The minimum atomic E-state index is -0.180. The van der Waals surface area contributed by atoms with Crippen molar-refractivity contribution in [3.8, 4) is 17.1 Å². The number of rotatable bonds is 6. The van der Waals surface area contributed by atoms with Crippen molar-refractivity contribution in [3.05, 3.63) is 96.7 Å². The maximum Gasteiger partial charge on any atom is 0.255 e. The van der Waals surface area contributed by atoms with Crippen LogP contribution in [0.4, 0.5) is 17.2 Å². The summed E-state index contributed by atoms with van der Waals surface area (Å²) >= 11 is 0. The predicted molar refractivity (Wildman–Crippen MR) is 118 cm³/mol. The summed E-state index contributed by atoms with van der Waals surface area (Å²) in [7, 11) is 1.60. The van der Waals surface area contributed by atoms with Crippen molar-refractivity contribution in [2.24, 2.45) is 0 Å². The molecule has 0 atom stereocenters. The molecule has 6 nitrogen and oxygen atoms in total. The summed E-state index contributed by atoms with van der Waals surface area (Å²) in [6.45, 7) is 0. The summed E-state index contributed by atoms with van der Waals surface area (Å²) < 4.78 is 5.12. The van der Waals surface area contributed by atoms with E-state index >= 15 is 0 Å². The fourth-order valence-corrected chi connectivity index (χ4v) is 2.89. The van der Waals surface area contributed by atoms with Gasteiger partial charge in [0.15, 0.2) is 5.82 Å². The molecule has 4 rings (SSSR count). The van der Waals surface area contributed by atoms with Gasteiger partial charge in [0.05, 0.1) is 7.11 Å². The van der Waals surface area contributed by atoms with Crippen molar-refractivity contribution in [2.45, 2.75) is 0 Å². The standard InChI is InChI=1S/C24H20N4O2/c1-30-21-13-11-20(12-14-21)27-24(29)18-7-9-19(10-8-18)26-22-15-16-25-23(28-22)17-5-3-2-4-6-17/h2-16H,1H3,(H,27,29)(H,25,26,28). The van der Waals surface area contributed by atoms with E-state index in [1.54, 1.807) is 55.8 Å². The zero-order chi connectivity index (χ0) is 20.8. The van der Waals surface area contributed by atoms with E-state index in [-0.39, 0.29) is 5.91 Å². The van der Waals surface area contributed by atoms with Gasteiger partial charge in [-0.1, -0.05) is 30.3 Å². The summed E-state index contributed by atoms with van der Waals surface area (Å²) in [4.78, 5) is 21.3. The molecule has 0 saturated carbocycles. The van der Waals surface area contributed by atoms with Crippen LogP contribution in [0.25, 0.3) is 11.4 Å². The van der Waals surface area contributed by atoms with Gasteiger partial charge in [0.25, 0.3) is 5.91 Å². The van der Waals surface area contributed by atoms with Crippen molar-refractivity contribution in [3.63, 3.8) is 0 Å². The first-order valence-electron chi connectivity index (χ1n) is 9.42. The van der Waals surface area contributed by atoms with Crippen molar-refractivity contribution in [1.82, 2.24) is 9.97 Å². The largest absolute Gasteiger partial charge is 0.497 e. The van der Waals surface area contributed by atoms with Crippen molar-refractivity contribution < 1.29 is 9.53 Å². The first kappa shape index (κ1) is 19.1. The lowest BCUT2D eigenvalue weighted by molar-refractivity contribution is 0.102. The van der Waals surface area contributed by atoms with E-state index in [4.69, 9.17) is 4.74 Å². The van der Waals surface area contributed by atoms with Gasteiger partial charge in [0, 0.05) is 28.7 Å². The monoisotopic (exact) mass is 396 g/mol. The van der Waals surface area contributed by atoms with Crippen LogP contribution in [0.15, 0.2) is 91.1 Å². The number of amides is 1. The fourth-order valence-electron chi connectivity index (χ4n) is 2.89. The Morgan fingerprint density at radius 1 is 0.833 bits per heavy atom. The fraction of sp³-hybridized carbons (Fsp3) is 0.0417. The third-order valence-electron chi connectivity index (χ3n) is 4.45. The van der Waals surface area contributed by atoms with E-state index in [0.717, 1.165) is 17.0 Å². The number of hydrogen-bond acceptors (Lipinski definition) is 5. The topological polar surface area (TPSA) is 76.1 Å². The highest BCUT2D eigenvalue weighted by atomic mass is 16.5. The van der Waals surface area contributed by atoms with E-state index in [2.05, 4.69) is 20.6 Å². The molecule has 0 bridgehead atoms. The normalized spacial score (nSPS) is 10.3. The number of aromatic nitrogens is 2. The van der Waals surface area contributed by atoms with Gasteiger partial charge >= 0.3 is 0 Å². The van der Waals surface area contributed by atoms with Gasteiger partial charge in [-0.2, -0.15) is 0 Å². The maximum atomic E-state index is 12.5. The molecular weight excluding hydrogens is 376 g/mol. The zero-order valence-electron chi connectivity index (χ0n) is 16.4. The third-order valence-corrected chi connectivity index (χ3v) is 4.45. The highest BCUT2D eigenvalue weighted by molar-refractivity contribution is 6.04. The molecule has 0 fully saturated rings. The van der Waals surface area contributed by atoms with Crippen molar-refractivity contribution in [1.29, 1.82) is 0 Å². The molecule has 4 aromatic rings. The van der Waals surface area contributed by atoms with Crippen LogP contribution in [0.3, 0.4) is 0 Å². The Morgan fingerprint density at radius 3 is 2.23 bits per heavy atom. The van der Waals surface area contributed by atoms with E-state index < -0.39 is 0 Å².